The number of rotatable bonds is 7. The lowest BCUT2D eigenvalue weighted by Crippen LogP contribution is -2.49. The molecule has 0 radical (unpaired) electrons. The van der Waals surface area contributed by atoms with E-state index in [1.54, 1.807) is 13.2 Å². The number of aryl methyl sites for hydroxylation is 1. The summed E-state index contributed by atoms with van der Waals surface area (Å²) in [7, 11) is 1.72. The molecule has 0 fully saturated rings. The van der Waals surface area contributed by atoms with Gasteiger partial charge in [0, 0.05) is 13.2 Å². The normalized spacial score (nSPS) is 13.6. The molecular formula is C16H26FNO. The van der Waals surface area contributed by atoms with Gasteiger partial charge in [0.15, 0.2) is 0 Å². The van der Waals surface area contributed by atoms with Gasteiger partial charge in [0.1, 0.15) is 5.82 Å². The van der Waals surface area contributed by atoms with E-state index in [1.807, 2.05) is 13.0 Å². The first-order valence-electron chi connectivity index (χ1n) is 6.94. The zero-order valence-electron chi connectivity index (χ0n) is 12.7. The van der Waals surface area contributed by atoms with Crippen LogP contribution >= 0.6 is 0 Å². The van der Waals surface area contributed by atoms with Crippen molar-refractivity contribution in [2.45, 2.75) is 52.2 Å². The molecule has 1 atom stereocenters. The second-order valence-corrected chi connectivity index (χ2v) is 5.59. The van der Waals surface area contributed by atoms with Crippen LogP contribution in [-0.4, -0.2) is 25.3 Å². The van der Waals surface area contributed by atoms with Crippen LogP contribution in [0.25, 0.3) is 0 Å². The number of hydrogen-bond acceptors (Lipinski definition) is 2. The highest BCUT2D eigenvalue weighted by Gasteiger charge is 2.29. The number of methoxy groups -OCH3 is 1. The fourth-order valence-electron chi connectivity index (χ4n) is 2.10. The molecule has 0 bridgehead atoms. The van der Waals surface area contributed by atoms with Crippen LogP contribution in [0.1, 0.15) is 38.3 Å². The molecule has 1 unspecified atom stereocenters. The molecule has 108 valence electrons. The van der Waals surface area contributed by atoms with E-state index in [-0.39, 0.29) is 17.5 Å². The van der Waals surface area contributed by atoms with E-state index in [4.69, 9.17) is 4.74 Å². The number of nitrogens with one attached hydrogen (secondary N) is 1. The SMILES string of the molecule is CCCNC(Cc1cc(F)ccc1C)C(C)(C)OC. The van der Waals surface area contributed by atoms with Crippen LogP contribution in [0.4, 0.5) is 4.39 Å². The minimum Gasteiger partial charge on any atom is -0.377 e. The Bertz CT molecular complexity index is 404. The smallest absolute Gasteiger partial charge is 0.123 e. The van der Waals surface area contributed by atoms with Crippen molar-refractivity contribution in [1.82, 2.24) is 5.32 Å². The predicted molar refractivity (Wildman–Crippen MR) is 78.0 cm³/mol. The Balaban J connectivity index is 2.90. The van der Waals surface area contributed by atoms with Crippen LogP contribution in [-0.2, 0) is 11.2 Å². The largest absolute Gasteiger partial charge is 0.377 e. The van der Waals surface area contributed by atoms with Crippen molar-refractivity contribution in [3.05, 3.63) is 35.1 Å². The molecule has 0 aliphatic rings. The molecule has 0 heterocycles. The molecule has 0 spiro atoms. The van der Waals surface area contributed by atoms with Gasteiger partial charge in [-0.25, -0.2) is 4.39 Å². The van der Waals surface area contributed by atoms with Crippen LogP contribution in [0, 0.1) is 12.7 Å². The van der Waals surface area contributed by atoms with E-state index in [0.29, 0.717) is 0 Å². The highest BCUT2D eigenvalue weighted by molar-refractivity contribution is 5.27. The molecule has 1 aromatic rings. The standard InChI is InChI=1S/C16H26FNO/c1-6-9-18-15(16(3,4)19-5)11-13-10-14(17)8-7-12(13)2/h7-8,10,15,18H,6,9,11H2,1-5H3. The second-order valence-electron chi connectivity index (χ2n) is 5.59. The topological polar surface area (TPSA) is 21.3 Å². The average molecular weight is 267 g/mol. The fourth-order valence-corrected chi connectivity index (χ4v) is 2.10. The Morgan fingerprint density at radius 2 is 2.05 bits per heavy atom. The third-order valence-electron chi connectivity index (χ3n) is 3.74. The summed E-state index contributed by atoms with van der Waals surface area (Å²) in [4.78, 5) is 0. The van der Waals surface area contributed by atoms with Crippen molar-refractivity contribution in [1.29, 1.82) is 0 Å². The van der Waals surface area contributed by atoms with Crippen molar-refractivity contribution >= 4 is 0 Å². The minimum absolute atomic E-state index is 0.165. The van der Waals surface area contributed by atoms with Crippen LogP contribution in [0.15, 0.2) is 18.2 Å². The lowest BCUT2D eigenvalue weighted by Gasteiger charge is -2.34. The molecular weight excluding hydrogens is 241 g/mol. The maximum atomic E-state index is 13.4. The summed E-state index contributed by atoms with van der Waals surface area (Å²) < 4.78 is 19.0. The van der Waals surface area contributed by atoms with Gasteiger partial charge >= 0.3 is 0 Å². The Morgan fingerprint density at radius 1 is 1.37 bits per heavy atom. The van der Waals surface area contributed by atoms with E-state index >= 15 is 0 Å². The second kappa shape index (κ2) is 7.01. The average Bonchev–Trinajstić information content (AvgIpc) is 2.38. The molecule has 0 amide bonds. The number of halogens is 1. The first kappa shape index (κ1) is 16.1. The number of ether oxygens (including phenoxy) is 1. The lowest BCUT2D eigenvalue weighted by molar-refractivity contribution is -0.0100. The van der Waals surface area contributed by atoms with Gasteiger partial charge in [0.05, 0.1) is 5.60 Å². The maximum Gasteiger partial charge on any atom is 0.123 e. The molecule has 1 N–H and O–H groups in total. The van der Waals surface area contributed by atoms with Gasteiger partial charge in [0.25, 0.3) is 0 Å². The monoisotopic (exact) mass is 267 g/mol. The fraction of sp³-hybridized carbons (Fsp3) is 0.625. The van der Waals surface area contributed by atoms with Gasteiger partial charge in [-0.05, 0) is 63.4 Å². The summed E-state index contributed by atoms with van der Waals surface area (Å²) in [5.74, 6) is -0.176. The first-order chi connectivity index (χ1) is 8.90. The quantitative estimate of drug-likeness (QED) is 0.816. The third-order valence-corrected chi connectivity index (χ3v) is 3.74. The van der Waals surface area contributed by atoms with Crippen LogP contribution in [0.5, 0.6) is 0 Å². The maximum absolute atomic E-state index is 13.4. The molecule has 1 rings (SSSR count). The van der Waals surface area contributed by atoms with Crippen molar-refractivity contribution in [2.75, 3.05) is 13.7 Å². The van der Waals surface area contributed by atoms with Gasteiger partial charge in [-0.3, -0.25) is 0 Å². The summed E-state index contributed by atoms with van der Waals surface area (Å²) in [6, 6.07) is 5.13. The number of hydrogen-bond donors (Lipinski definition) is 1. The molecule has 0 aromatic heterocycles. The molecule has 0 aliphatic carbocycles. The lowest BCUT2D eigenvalue weighted by atomic mass is 9.90. The molecule has 19 heavy (non-hydrogen) atoms. The Hall–Kier alpha value is -0.930. The van der Waals surface area contributed by atoms with Gasteiger partial charge in [-0.1, -0.05) is 13.0 Å². The van der Waals surface area contributed by atoms with Gasteiger partial charge in [-0.15, -0.1) is 0 Å². The van der Waals surface area contributed by atoms with Crippen LogP contribution < -0.4 is 5.32 Å². The summed E-state index contributed by atoms with van der Waals surface area (Å²) in [6.07, 6.45) is 1.84. The zero-order chi connectivity index (χ0) is 14.5. The molecule has 2 nitrogen and oxygen atoms in total. The van der Waals surface area contributed by atoms with Crippen molar-refractivity contribution in [3.8, 4) is 0 Å². The van der Waals surface area contributed by atoms with Gasteiger partial charge in [-0.2, -0.15) is 0 Å². The Morgan fingerprint density at radius 3 is 2.63 bits per heavy atom. The van der Waals surface area contributed by atoms with Crippen LogP contribution in [0.3, 0.4) is 0 Å². The van der Waals surface area contributed by atoms with E-state index in [2.05, 4.69) is 26.1 Å². The molecule has 0 aliphatic heterocycles. The third kappa shape index (κ3) is 4.59. The molecule has 0 saturated carbocycles. The molecule has 0 saturated heterocycles. The summed E-state index contributed by atoms with van der Waals surface area (Å²) in [6.45, 7) is 9.22. The number of benzene rings is 1. The minimum atomic E-state index is -0.284. The van der Waals surface area contributed by atoms with Crippen molar-refractivity contribution in [2.24, 2.45) is 0 Å². The molecule has 1 aromatic carbocycles. The highest BCUT2D eigenvalue weighted by atomic mass is 19.1. The van der Waals surface area contributed by atoms with Crippen LogP contribution in [0.2, 0.25) is 0 Å². The first-order valence-corrected chi connectivity index (χ1v) is 6.94. The van der Waals surface area contributed by atoms with Gasteiger partial charge < -0.3 is 10.1 Å². The van der Waals surface area contributed by atoms with E-state index < -0.39 is 0 Å². The zero-order valence-corrected chi connectivity index (χ0v) is 12.7. The summed E-state index contributed by atoms with van der Waals surface area (Å²) >= 11 is 0. The Labute approximate surface area is 116 Å². The Kier molecular flexibility index (Phi) is 5.95. The van der Waals surface area contributed by atoms with E-state index in [0.717, 1.165) is 30.5 Å². The summed E-state index contributed by atoms with van der Waals surface area (Å²) in [5.41, 5.74) is 1.88. The van der Waals surface area contributed by atoms with Crippen molar-refractivity contribution in [3.63, 3.8) is 0 Å². The highest BCUT2D eigenvalue weighted by Crippen LogP contribution is 2.20. The van der Waals surface area contributed by atoms with Crippen molar-refractivity contribution < 1.29 is 9.13 Å². The van der Waals surface area contributed by atoms with Gasteiger partial charge in [0.2, 0.25) is 0 Å². The molecule has 3 heteroatoms. The van der Waals surface area contributed by atoms with E-state index in [1.165, 1.54) is 6.07 Å². The predicted octanol–water partition coefficient (Wildman–Crippen LogP) is 3.47. The van der Waals surface area contributed by atoms with E-state index in [9.17, 15) is 4.39 Å². The summed E-state index contributed by atoms with van der Waals surface area (Å²) in [5, 5.41) is 3.51.